The minimum Gasteiger partial charge on any atom is -0.490 e. The van der Waals surface area contributed by atoms with Crippen LogP contribution in [0, 0.1) is 6.92 Å². The highest BCUT2D eigenvalue weighted by Crippen LogP contribution is 2.36. The van der Waals surface area contributed by atoms with Gasteiger partial charge < -0.3 is 18.9 Å². The molecule has 0 bridgehead atoms. The summed E-state index contributed by atoms with van der Waals surface area (Å²) in [5.41, 5.74) is 0.968. The van der Waals surface area contributed by atoms with Crippen molar-refractivity contribution in [2.24, 2.45) is 0 Å². The van der Waals surface area contributed by atoms with Crippen molar-refractivity contribution in [2.45, 2.75) is 13.0 Å². The lowest BCUT2D eigenvalue weighted by atomic mass is 10.0. The molecule has 1 fully saturated rings. The van der Waals surface area contributed by atoms with Crippen LogP contribution in [0.25, 0.3) is 10.8 Å². The fraction of sp³-hybridized carbons (Fsp3) is 0.316. The van der Waals surface area contributed by atoms with E-state index in [2.05, 4.69) is 6.58 Å². The molecule has 24 heavy (non-hydrogen) atoms. The van der Waals surface area contributed by atoms with Crippen LogP contribution < -0.4 is 9.47 Å². The van der Waals surface area contributed by atoms with Crippen molar-refractivity contribution < 1.29 is 23.7 Å². The zero-order chi connectivity index (χ0) is 16.9. The Morgan fingerprint density at radius 1 is 1.29 bits per heavy atom. The minimum absolute atomic E-state index is 0.176. The predicted octanol–water partition coefficient (Wildman–Crippen LogP) is 3.03. The second kappa shape index (κ2) is 7.36. The smallest absolute Gasteiger partial charge is 0.330 e. The standard InChI is InChI=1S/C19H20O5/c1-3-18(20)21-8-9-22-19-13(2)10-17(24-12-14-11-23-14)15-6-4-5-7-16(15)19/h3-7,10,14H,1,8-9,11-12H2,2H3. The largest absolute Gasteiger partial charge is 0.490 e. The highest BCUT2D eigenvalue weighted by molar-refractivity contribution is 5.94. The normalized spacial score (nSPS) is 15.8. The average molecular weight is 328 g/mol. The number of carbonyl (C=O) groups excluding carboxylic acids is 1. The maximum atomic E-state index is 11.1. The van der Waals surface area contributed by atoms with Crippen LogP contribution in [-0.4, -0.2) is 38.5 Å². The number of hydrogen-bond donors (Lipinski definition) is 0. The number of benzene rings is 2. The van der Waals surface area contributed by atoms with E-state index in [1.807, 2.05) is 37.3 Å². The van der Waals surface area contributed by atoms with Gasteiger partial charge in [0.1, 0.15) is 37.4 Å². The fourth-order valence-electron chi connectivity index (χ4n) is 2.45. The number of aryl methyl sites for hydroxylation is 1. The molecule has 1 unspecified atom stereocenters. The van der Waals surface area contributed by atoms with E-state index in [1.54, 1.807) is 0 Å². The monoisotopic (exact) mass is 328 g/mol. The van der Waals surface area contributed by atoms with E-state index in [-0.39, 0.29) is 19.3 Å². The van der Waals surface area contributed by atoms with Crippen molar-refractivity contribution in [3.63, 3.8) is 0 Å². The highest BCUT2D eigenvalue weighted by Gasteiger charge is 2.23. The molecule has 126 valence electrons. The molecule has 2 aromatic rings. The van der Waals surface area contributed by atoms with Crippen molar-refractivity contribution >= 4 is 16.7 Å². The average Bonchev–Trinajstić information content (AvgIpc) is 3.42. The lowest BCUT2D eigenvalue weighted by molar-refractivity contribution is -0.138. The Kier molecular flexibility index (Phi) is 5.01. The zero-order valence-electron chi connectivity index (χ0n) is 13.6. The van der Waals surface area contributed by atoms with Gasteiger partial charge in [-0.15, -0.1) is 0 Å². The van der Waals surface area contributed by atoms with Gasteiger partial charge in [-0.2, -0.15) is 0 Å². The molecule has 1 aliphatic heterocycles. The molecular weight excluding hydrogens is 308 g/mol. The molecule has 5 nitrogen and oxygen atoms in total. The number of rotatable bonds is 8. The Balaban J connectivity index is 1.77. The summed E-state index contributed by atoms with van der Waals surface area (Å²) in [5, 5.41) is 1.96. The van der Waals surface area contributed by atoms with Gasteiger partial charge >= 0.3 is 5.97 Å². The van der Waals surface area contributed by atoms with Gasteiger partial charge in [0.15, 0.2) is 0 Å². The van der Waals surface area contributed by atoms with Gasteiger partial charge in [-0.3, -0.25) is 0 Å². The maximum absolute atomic E-state index is 11.1. The zero-order valence-corrected chi connectivity index (χ0v) is 13.6. The first-order valence-electron chi connectivity index (χ1n) is 7.88. The van der Waals surface area contributed by atoms with Gasteiger partial charge in [-0.1, -0.05) is 30.8 Å². The van der Waals surface area contributed by atoms with Gasteiger partial charge in [0.25, 0.3) is 0 Å². The molecule has 5 heteroatoms. The van der Waals surface area contributed by atoms with Crippen LogP contribution in [0.3, 0.4) is 0 Å². The number of carbonyl (C=O) groups is 1. The fourth-order valence-corrected chi connectivity index (χ4v) is 2.45. The van der Waals surface area contributed by atoms with Gasteiger partial charge in [0, 0.05) is 16.8 Å². The van der Waals surface area contributed by atoms with Crippen LogP contribution in [0.4, 0.5) is 0 Å². The van der Waals surface area contributed by atoms with Crippen molar-refractivity contribution in [2.75, 3.05) is 26.4 Å². The lowest BCUT2D eigenvalue weighted by Crippen LogP contribution is -2.11. The number of esters is 1. The molecule has 2 aromatic carbocycles. The first-order chi connectivity index (χ1) is 11.7. The molecule has 0 radical (unpaired) electrons. The van der Waals surface area contributed by atoms with E-state index >= 15 is 0 Å². The molecule has 0 aromatic heterocycles. The first-order valence-corrected chi connectivity index (χ1v) is 7.88. The van der Waals surface area contributed by atoms with Crippen LogP contribution in [-0.2, 0) is 14.3 Å². The Bertz CT molecular complexity index is 749. The Morgan fingerprint density at radius 2 is 2.04 bits per heavy atom. The SMILES string of the molecule is C=CC(=O)OCCOc1c(C)cc(OCC2CO2)c2ccccc12. The summed E-state index contributed by atoms with van der Waals surface area (Å²) >= 11 is 0. The second-order valence-corrected chi connectivity index (χ2v) is 5.55. The highest BCUT2D eigenvalue weighted by atomic mass is 16.6. The molecule has 1 saturated heterocycles. The second-order valence-electron chi connectivity index (χ2n) is 5.55. The summed E-state index contributed by atoms with van der Waals surface area (Å²) in [5.74, 6) is 1.14. The minimum atomic E-state index is -0.453. The lowest BCUT2D eigenvalue weighted by Gasteiger charge is -2.16. The summed E-state index contributed by atoms with van der Waals surface area (Å²) in [6.45, 7) is 7.11. The molecule has 1 aliphatic rings. The molecule has 0 N–H and O–H groups in total. The number of ether oxygens (including phenoxy) is 4. The summed E-state index contributed by atoms with van der Waals surface area (Å²) < 4.78 is 21.9. The van der Waals surface area contributed by atoms with Crippen LogP contribution in [0.2, 0.25) is 0 Å². The van der Waals surface area contributed by atoms with Gasteiger partial charge in [0.05, 0.1) is 6.61 Å². The third-order valence-corrected chi connectivity index (χ3v) is 3.71. The quantitative estimate of drug-likeness (QED) is 0.323. The summed E-state index contributed by atoms with van der Waals surface area (Å²) in [6.07, 6.45) is 1.34. The van der Waals surface area contributed by atoms with Crippen molar-refractivity contribution in [1.29, 1.82) is 0 Å². The van der Waals surface area contributed by atoms with Crippen LogP contribution in [0.5, 0.6) is 11.5 Å². The van der Waals surface area contributed by atoms with Gasteiger partial charge in [-0.05, 0) is 18.6 Å². The summed E-state index contributed by atoms with van der Waals surface area (Å²) in [7, 11) is 0. The van der Waals surface area contributed by atoms with E-state index in [1.165, 1.54) is 0 Å². The summed E-state index contributed by atoms with van der Waals surface area (Å²) in [4.78, 5) is 11.1. The van der Waals surface area contributed by atoms with Crippen molar-refractivity contribution in [1.82, 2.24) is 0 Å². The molecule has 3 rings (SSSR count). The van der Waals surface area contributed by atoms with Crippen molar-refractivity contribution in [3.8, 4) is 11.5 Å². The molecule has 0 amide bonds. The molecule has 0 saturated carbocycles. The van der Waals surface area contributed by atoms with E-state index in [0.717, 1.165) is 40.5 Å². The van der Waals surface area contributed by atoms with Crippen LogP contribution >= 0.6 is 0 Å². The Morgan fingerprint density at radius 3 is 2.75 bits per heavy atom. The van der Waals surface area contributed by atoms with E-state index in [0.29, 0.717) is 6.61 Å². The van der Waals surface area contributed by atoms with Crippen LogP contribution in [0.1, 0.15) is 5.56 Å². The Labute approximate surface area is 140 Å². The predicted molar refractivity (Wildman–Crippen MR) is 90.6 cm³/mol. The third-order valence-electron chi connectivity index (χ3n) is 3.71. The molecule has 1 atom stereocenters. The molecule has 0 aliphatic carbocycles. The van der Waals surface area contributed by atoms with E-state index in [9.17, 15) is 4.79 Å². The van der Waals surface area contributed by atoms with Crippen molar-refractivity contribution in [3.05, 3.63) is 48.6 Å². The Hall–Kier alpha value is -2.53. The molecule has 0 spiro atoms. The maximum Gasteiger partial charge on any atom is 0.330 e. The molecule has 1 heterocycles. The van der Waals surface area contributed by atoms with Crippen LogP contribution in [0.15, 0.2) is 43.0 Å². The summed E-state index contributed by atoms with van der Waals surface area (Å²) in [6, 6.07) is 9.89. The van der Waals surface area contributed by atoms with E-state index in [4.69, 9.17) is 18.9 Å². The number of fused-ring (bicyclic) bond motifs is 1. The number of hydrogen-bond acceptors (Lipinski definition) is 5. The molecular formula is C19H20O5. The number of epoxide rings is 1. The first kappa shape index (κ1) is 16.3. The van der Waals surface area contributed by atoms with E-state index < -0.39 is 5.97 Å². The third kappa shape index (κ3) is 3.86. The van der Waals surface area contributed by atoms with Gasteiger partial charge in [-0.25, -0.2) is 4.79 Å². The topological polar surface area (TPSA) is 57.3 Å². The van der Waals surface area contributed by atoms with Gasteiger partial charge in [0.2, 0.25) is 0 Å².